The number of ether oxygens (including phenoxy) is 2. The van der Waals surface area contributed by atoms with Crippen LogP contribution in [0.15, 0.2) is 11.1 Å². The zero-order chi connectivity index (χ0) is 23.4. The van der Waals surface area contributed by atoms with E-state index < -0.39 is 16.1 Å². The van der Waals surface area contributed by atoms with Gasteiger partial charge in [-0.3, -0.25) is 4.98 Å². The van der Waals surface area contributed by atoms with Gasteiger partial charge >= 0.3 is 6.03 Å². The molecule has 0 saturated carbocycles. The third-order valence-electron chi connectivity index (χ3n) is 6.67. The number of sulfonamides is 1. The fraction of sp³-hybridized carbons (Fsp3) is 0.591. The maximum Gasteiger partial charge on any atom is 0.333 e. The van der Waals surface area contributed by atoms with Crippen molar-refractivity contribution in [3.63, 3.8) is 0 Å². The highest BCUT2D eigenvalue weighted by atomic mass is 32.2. The minimum atomic E-state index is -4.19. The average Bonchev–Trinajstić information content (AvgIpc) is 3.45. The number of carbonyl (C=O) groups is 1. The van der Waals surface area contributed by atoms with E-state index in [2.05, 4.69) is 29.0 Å². The predicted octanol–water partition coefficient (Wildman–Crippen LogP) is 2.30. The summed E-state index contributed by atoms with van der Waals surface area (Å²) in [4.78, 5) is 17.6. The molecule has 2 N–H and O–H groups in total. The molecule has 3 aliphatic rings. The molecule has 0 radical (unpaired) electrons. The number of anilines is 1. The molecule has 0 fully saturated rings. The van der Waals surface area contributed by atoms with E-state index in [0.717, 1.165) is 60.3 Å². The Hall–Kier alpha value is -2.66. The number of amides is 2. The summed E-state index contributed by atoms with van der Waals surface area (Å²) in [7, 11) is -4.19. The summed E-state index contributed by atoms with van der Waals surface area (Å²) < 4.78 is 40.7. The molecule has 3 heterocycles. The molecule has 1 atom stereocenters. The third kappa shape index (κ3) is 3.86. The molecular formula is C22H29N5O5S. The molecule has 11 heteroatoms. The number of aromatic nitrogens is 3. The van der Waals surface area contributed by atoms with Gasteiger partial charge < -0.3 is 14.8 Å². The van der Waals surface area contributed by atoms with Gasteiger partial charge in [-0.1, -0.05) is 13.8 Å². The van der Waals surface area contributed by atoms with Crippen LogP contribution in [0.25, 0.3) is 0 Å². The number of nitrogens with zero attached hydrogens (tertiary/aromatic N) is 3. The van der Waals surface area contributed by atoms with Crippen LogP contribution in [0, 0.1) is 0 Å². The highest BCUT2D eigenvalue weighted by molar-refractivity contribution is 7.90. The Morgan fingerprint density at radius 3 is 2.91 bits per heavy atom. The van der Waals surface area contributed by atoms with Crippen LogP contribution >= 0.6 is 0 Å². The lowest BCUT2D eigenvalue weighted by molar-refractivity contribution is -0.00761. The molecule has 0 bridgehead atoms. The number of nitrogens with one attached hydrogen (secondary N) is 2. The second kappa shape index (κ2) is 7.98. The van der Waals surface area contributed by atoms with Crippen LogP contribution in [0.1, 0.15) is 56.1 Å². The number of rotatable bonds is 5. The standard InChI is InChI=1S/C22H29N5O5S/c1-4-31-13-11-27-20(32-12-13)17(10-23-27)33(29,30)26-21(28)25-18-14-6-5-7-16(14)24-19-15(18)8-9-22(19,2)3/h10,13H,4-9,11-12H2,1-3H3,(H2,24,25,26,28). The predicted molar refractivity (Wildman–Crippen MR) is 120 cm³/mol. The van der Waals surface area contributed by atoms with Gasteiger partial charge in [0.1, 0.15) is 12.7 Å². The van der Waals surface area contributed by atoms with Crippen molar-refractivity contribution in [2.45, 2.75) is 75.8 Å². The van der Waals surface area contributed by atoms with Crippen LogP contribution in [0.5, 0.6) is 5.88 Å². The number of hydrogen-bond acceptors (Lipinski definition) is 7. The molecule has 2 amide bonds. The summed E-state index contributed by atoms with van der Waals surface area (Å²) in [5, 5.41) is 6.95. The highest BCUT2D eigenvalue weighted by Gasteiger charge is 2.37. The van der Waals surface area contributed by atoms with Crippen LogP contribution in [-0.4, -0.2) is 48.5 Å². The zero-order valence-electron chi connectivity index (χ0n) is 19.1. The van der Waals surface area contributed by atoms with Gasteiger partial charge in [-0.05, 0) is 50.2 Å². The van der Waals surface area contributed by atoms with Gasteiger partial charge in [0.2, 0.25) is 5.88 Å². The molecule has 1 unspecified atom stereocenters. The number of carbonyl (C=O) groups excluding carboxylic acids is 1. The van der Waals surface area contributed by atoms with Gasteiger partial charge in [-0.15, -0.1) is 0 Å². The highest BCUT2D eigenvalue weighted by Crippen LogP contribution is 2.44. The van der Waals surface area contributed by atoms with Crippen LogP contribution in [-0.2, 0) is 46.0 Å². The molecule has 0 aromatic carbocycles. The number of urea groups is 1. The Kier molecular flexibility index (Phi) is 5.36. The van der Waals surface area contributed by atoms with Crippen molar-refractivity contribution in [2.75, 3.05) is 18.5 Å². The molecule has 0 spiro atoms. The van der Waals surface area contributed by atoms with Crippen molar-refractivity contribution in [3.8, 4) is 5.88 Å². The summed E-state index contributed by atoms with van der Waals surface area (Å²) >= 11 is 0. The maximum atomic E-state index is 13.0. The largest absolute Gasteiger partial charge is 0.474 e. The van der Waals surface area contributed by atoms with E-state index in [1.807, 2.05) is 6.92 Å². The first-order chi connectivity index (χ1) is 15.7. The lowest BCUT2D eigenvalue weighted by Gasteiger charge is -2.24. The fourth-order valence-corrected chi connectivity index (χ4v) is 6.01. The quantitative estimate of drug-likeness (QED) is 0.680. The van der Waals surface area contributed by atoms with Crippen molar-refractivity contribution < 1.29 is 22.7 Å². The van der Waals surface area contributed by atoms with E-state index in [1.54, 1.807) is 0 Å². The Morgan fingerprint density at radius 1 is 1.30 bits per heavy atom. The third-order valence-corrected chi connectivity index (χ3v) is 7.98. The number of fused-ring (bicyclic) bond motifs is 3. The van der Waals surface area contributed by atoms with E-state index in [0.29, 0.717) is 13.2 Å². The van der Waals surface area contributed by atoms with E-state index in [9.17, 15) is 13.2 Å². The van der Waals surface area contributed by atoms with Crippen LogP contribution in [0.2, 0.25) is 0 Å². The Morgan fingerprint density at radius 2 is 2.12 bits per heavy atom. The van der Waals surface area contributed by atoms with Gasteiger partial charge in [0.25, 0.3) is 10.0 Å². The van der Waals surface area contributed by atoms with Gasteiger partial charge in [0, 0.05) is 17.7 Å². The monoisotopic (exact) mass is 475 g/mol. The summed E-state index contributed by atoms with van der Waals surface area (Å²) in [6.07, 6.45) is 5.41. The topological polar surface area (TPSA) is 124 Å². The molecule has 0 saturated heterocycles. The molecule has 5 rings (SSSR count). The van der Waals surface area contributed by atoms with Crippen molar-refractivity contribution in [3.05, 3.63) is 28.7 Å². The van der Waals surface area contributed by atoms with E-state index in [4.69, 9.17) is 14.5 Å². The van der Waals surface area contributed by atoms with Crippen molar-refractivity contribution in [2.24, 2.45) is 0 Å². The zero-order valence-corrected chi connectivity index (χ0v) is 19.9. The number of pyridine rings is 1. The molecule has 10 nitrogen and oxygen atoms in total. The minimum absolute atomic E-state index is 0.0696. The van der Waals surface area contributed by atoms with Gasteiger partial charge in [-0.25, -0.2) is 22.6 Å². The van der Waals surface area contributed by atoms with Gasteiger partial charge in [-0.2, -0.15) is 5.10 Å². The average molecular weight is 476 g/mol. The maximum absolute atomic E-state index is 13.0. The second-order valence-corrected chi connectivity index (χ2v) is 11.1. The van der Waals surface area contributed by atoms with E-state index in [1.165, 1.54) is 10.9 Å². The Labute approximate surface area is 193 Å². The lowest BCUT2D eigenvalue weighted by Crippen LogP contribution is -2.36. The summed E-state index contributed by atoms with van der Waals surface area (Å²) in [6, 6.07) is -0.801. The number of hydrogen-bond donors (Lipinski definition) is 2. The first-order valence-electron chi connectivity index (χ1n) is 11.4. The molecule has 178 valence electrons. The first-order valence-corrected chi connectivity index (χ1v) is 12.9. The molecular weight excluding hydrogens is 446 g/mol. The second-order valence-electron chi connectivity index (χ2n) is 9.42. The Balaban J connectivity index is 1.38. The number of aryl methyl sites for hydroxylation is 1. The molecule has 2 aromatic heterocycles. The smallest absolute Gasteiger partial charge is 0.333 e. The Bertz CT molecular complexity index is 1220. The summed E-state index contributed by atoms with van der Waals surface area (Å²) in [6.45, 7) is 7.32. The fourth-order valence-electron chi connectivity index (χ4n) is 5.02. The lowest BCUT2D eigenvalue weighted by atomic mass is 9.90. The van der Waals surface area contributed by atoms with E-state index >= 15 is 0 Å². The van der Waals surface area contributed by atoms with Gasteiger partial charge in [0.15, 0.2) is 4.90 Å². The normalized spacial score (nSPS) is 20.5. The van der Waals surface area contributed by atoms with Crippen molar-refractivity contribution >= 4 is 21.7 Å². The SMILES string of the molecule is CCOC1COc2c(S(=O)(=O)NC(=O)Nc3c4c(nc5c3CCC5(C)C)CCC4)cnn2C1. The van der Waals surface area contributed by atoms with Crippen molar-refractivity contribution in [1.29, 1.82) is 0 Å². The first kappa shape index (κ1) is 22.1. The molecule has 33 heavy (non-hydrogen) atoms. The molecule has 2 aliphatic carbocycles. The minimum Gasteiger partial charge on any atom is -0.474 e. The summed E-state index contributed by atoms with van der Waals surface area (Å²) in [5.41, 5.74) is 4.70. The van der Waals surface area contributed by atoms with Crippen LogP contribution in [0.3, 0.4) is 0 Å². The summed E-state index contributed by atoms with van der Waals surface area (Å²) in [5.74, 6) is 0.110. The van der Waals surface area contributed by atoms with Crippen LogP contribution < -0.4 is 14.8 Å². The molecule has 2 aromatic rings. The van der Waals surface area contributed by atoms with Crippen LogP contribution in [0.4, 0.5) is 10.5 Å². The van der Waals surface area contributed by atoms with Crippen molar-refractivity contribution in [1.82, 2.24) is 19.5 Å². The van der Waals surface area contributed by atoms with E-state index in [-0.39, 0.29) is 28.9 Å². The van der Waals surface area contributed by atoms with Gasteiger partial charge in [0.05, 0.1) is 24.1 Å². The molecule has 1 aliphatic heterocycles.